The van der Waals surface area contributed by atoms with E-state index in [0.29, 0.717) is 38.6 Å². The van der Waals surface area contributed by atoms with Crippen molar-refractivity contribution in [2.75, 3.05) is 12.4 Å². The number of hydrogen-bond donors (Lipinski definition) is 1. The lowest BCUT2D eigenvalue weighted by Gasteiger charge is -2.10. The molecule has 2 heterocycles. The summed E-state index contributed by atoms with van der Waals surface area (Å²) < 4.78 is 12.4. The van der Waals surface area contributed by atoms with Crippen LogP contribution in [0.2, 0.25) is 10.0 Å². The number of nitrogens with zero attached hydrogens (tertiary/aromatic N) is 1. The second-order valence-electron chi connectivity index (χ2n) is 7.55. The third-order valence-corrected chi connectivity index (χ3v) is 6.87. The Balaban J connectivity index is 1.34. The van der Waals surface area contributed by atoms with Crippen LogP contribution in [0.25, 0.3) is 38.2 Å². The average Bonchev–Trinajstić information content (AvgIpc) is 3.51. The van der Waals surface area contributed by atoms with E-state index in [0.717, 1.165) is 20.8 Å². The van der Waals surface area contributed by atoms with E-state index in [2.05, 4.69) is 5.32 Å². The summed E-state index contributed by atoms with van der Waals surface area (Å²) in [5.74, 6) is 1.28. The second kappa shape index (κ2) is 9.96. The number of furan rings is 1. The number of para-hydroxylation sites is 1. The SMILES string of the molecule is COc1ccc(-c2nc3ccccc3s2)cc1NC(=O)C=Cc1ccc(-c2cc(Cl)ccc2Cl)o1. The highest BCUT2D eigenvalue weighted by molar-refractivity contribution is 7.21. The smallest absolute Gasteiger partial charge is 0.248 e. The van der Waals surface area contributed by atoms with E-state index in [1.54, 1.807) is 54.9 Å². The molecule has 5 aromatic rings. The highest BCUT2D eigenvalue weighted by atomic mass is 35.5. The van der Waals surface area contributed by atoms with Gasteiger partial charge in [-0.3, -0.25) is 4.79 Å². The first-order valence-corrected chi connectivity index (χ1v) is 12.2. The van der Waals surface area contributed by atoms with Crippen molar-refractivity contribution in [3.63, 3.8) is 0 Å². The minimum absolute atomic E-state index is 0.330. The molecule has 0 unspecified atom stereocenters. The quantitative estimate of drug-likeness (QED) is 0.229. The number of nitrogens with one attached hydrogen (secondary N) is 1. The van der Waals surface area contributed by atoms with E-state index in [-0.39, 0.29) is 5.91 Å². The number of rotatable bonds is 6. The minimum Gasteiger partial charge on any atom is -0.495 e. The van der Waals surface area contributed by atoms with Gasteiger partial charge >= 0.3 is 0 Å². The molecule has 1 N–H and O–H groups in total. The first-order valence-electron chi connectivity index (χ1n) is 10.6. The molecule has 174 valence electrons. The fourth-order valence-corrected chi connectivity index (χ4v) is 4.88. The molecule has 0 atom stereocenters. The first kappa shape index (κ1) is 23.2. The van der Waals surface area contributed by atoms with Gasteiger partial charge in [-0.15, -0.1) is 11.3 Å². The number of aromatic nitrogens is 1. The number of benzene rings is 3. The number of thiazole rings is 1. The average molecular weight is 521 g/mol. The number of anilines is 1. The normalized spacial score (nSPS) is 11.3. The van der Waals surface area contributed by atoms with Gasteiger partial charge in [-0.05, 0) is 66.7 Å². The molecule has 8 heteroatoms. The molecule has 0 radical (unpaired) electrons. The van der Waals surface area contributed by atoms with E-state index in [4.69, 9.17) is 37.3 Å². The van der Waals surface area contributed by atoms with Crippen molar-refractivity contribution in [1.29, 1.82) is 0 Å². The second-order valence-corrected chi connectivity index (χ2v) is 9.42. The summed E-state index contributed by atoms with van der Waals surface area (Å²) in [5.41, 5.74) is 3.05. The first-order chi connectivity index (χ1) is 17.0. The fraction of sp³-hybridized carbons (Fsp3) is 0.0370. The molecule has 0 saturated heterocycles. The monoisotopic (exact) mass is 520 g/mol. The van der Waals surface area contributed by atoms with Gasteiger partial charge in [-0.25, -0.2) is 4.98 Å². The number of halogens is 2. The Morgan fingerprint density at radius 3 is 2.74 bits per heavy atom. The van der Waals surface area contributed by atoms with Crippen LogP contribution in [0, 0.1) is 0 Å². The third kappa shape index (κ3) is 5.10. The van der Waals surface area contributed by atoms with Gasteiger partial charge in [-0.1, -0.05) is 35.3 Å². The van der Waals surface area contributed by atoms with Crippen molar-refractivity contribution in [2.45, 2.75) is 0 Å². The number of carbonyl (C=O) groups is 1. The van der Waals surface area contributed by atoms with Crippen LogP contribution in [0.1, 0.15) is 5.76 Å². The molecule has 5 nitrogen and oxygen atoms in total. The van der Waals surface area contributed by atoms with Crippen molar-refractivity contribution in [1.82, 2.24) is 4.98 Å². The number of methoxy groups -OCH3 is 1. The summed E-state index contributed by atoms with van der Waals surface area (Å²) in [7, 11) is 1.56. The Hall–Kier alpha value is -3.58. The summed E-state index contributed by atoms with van der Waals surface area (Å²) in [5, 5.41) is 4.82. The van der Waals surface area contributed by atoms with Crippen molar-refractivity contribution in [3.8, 4) is 27.6 Å². The van der Waals surface area contributed by atoms with Crippen LogP contribution in [-0.2, 0) is 4.79 Å². The molecule has 0 bridgehead atoms. The van der Waals surface area contributed by atoms with Crippen LogP contribution < -0.4 is 10.1 Å². The molecule has 0 fully saturated rings. The maximum atomic E-state index is 12.7. The molecule has 0 aliphatic heterocycles. The van der Waals surface area contributed by atoms with Crippen molar-refractivity contribution in [3.05, 3.63) is 94.7 Å². The number of fused-ring (bicyclic) bond motifs is 1. The van der Waals surface area contributed by atoms with Gasteiger partial charge in [0.1, 0.15) is 22.3 Å². The van der Waals surface area contributed by atoms with Crippen LogP contribution in [0.5, 0.6) is 5.75 Å². The summed E-state index contributed by atoms with van der Waals surface area (Å²) in [6.45, 7) is 0. The molecular formula is C27H18Cl2N2O3S. The Morgan fingerprint density at radius 2 is 1.91 bits per heavy atom. The van der Waals surface area contributed by atoms with Gasteiger partial charge in [-0.2, -0.15) is 0 Å². The van der Waals surface area contributed by atoms with Crippen LogP contribution in [0.15, 0.2) is 83.3 Å². The van der Waals surface area contributed by atoms with Crippen molar-refractivity contribution < 1.29 is 13.9 Å². The zero-order valence-electron chi connectivity index (χ0n) is 18.4. The Labute approximate surface area is 215 Å². The molecule has 0 aliphatic rings. The molecule has 0 spiro atoms. The number of ether oxygens (including phenoxy) is 1. The van der Waals surface area contributed by atoms with Crippen LogP contribution >= 0.6 is 34.5 Å². The zero-order chi connectivity index (χ0) is 24.4. The lowest BCUT2D eigenvalue weighted by molar-refractivity contribution is -0.111. The van der Waals surface area contributed by atoms with Crippen molar-refractivity contribution in [2.24, 2.45) is 0 Å². The van der Waals surface area contributed by atoms with E-state index in [1.165, 1.54) is 6.08 Å². The van der Waals surface area contributed by atoms with E-state index < -0.39 is 0 Å². The lowest BCUT2D eigenvalue weighted by Crippen LogP contribution is -2.09. The predicted molar refractivity (Wildman–Crippen MR) is 143 cm³/mol. The van der Waals surface area contributed by atoms with E-state index in [1.807, 2.05) is 42.5 Å². The van der Waals surface area contributed by atoms with Crippen LogP contribution in [-0.4, -0.2) is 18.0 Å². The molecular weight excluding hydrogens is 503 g/mol. The predicted octanol–water partition coefficient (Wildman–Crippen LogP) is 8.19. The summed E-state index contributed by atoms with van der Waals surface area (Å²) in [4.78, 5) is 17.4. The third-order valence-electron chi connectivity index (χ3n) is 5.22. The Bertz CT molecular complexity index is 1540. The van der Waals surface area contributed by atoms with Crippen LogP contribution in [0.4, 0.5) is 5.69 Å². The van der Waals surface area contributed by atoms with Gasteiger partial charge in [0.05, 0.1) is 28.0 Å². The van der Waals surface area contributed by atoms with Gasteiger partial charge in [0.15, 0.2) is 0 Å². The lowest BCUT2D eigenvalue weighted by atomic mass is 10.2. The maximum absolute atomic E-state index is 12.7. The fourth-order valence-electron chi connectivity index (χ4n) is 3.54. The molecule has 1 amide bonds. The largest absolute Gasteiger partial charge is 0.495 e. The van der Waals surface area contributed by atoms with Gasteiger partial charge in [0.25, 0.3) is 0 Å². The molecule has 3 aromatic carbocycles. The maximum Gasteiger partial charge on any atom is 0.248 e. The van der Waals surface area contributed by atoms with E-state index in [9.17, 15) is 4.79 Å². The summed E-state index contributed by atoms with van der Waals surface area (Å²) in [6.07, 6.45) is 2.98. The molecule has 35 heavy (non-hydrogen) atoms. The highest BCUT2D eigenvalue weighted by Crippen LogP contribution is 2.35. The van der Waals surface area contributed by atoms with E-state index >= 15 is 0 Å². The molecule has 5 rings (SSSR count). The Morgan fingerprint density at radius 1 is 1.06 bits per heavy atom. The van der Waals surface area contributed by atoms with Gasteiger partial charge in [0, 0.05) is 22.2 Å². The van der Waals surface area contributed by atoms with Gasteiger partial charge < -0.3 is 14.5 Å². The summed E-state index contributed by atoms with van der Waals surface area (Å²) >= 11 is 13.9. The van der Waals surface area contributed by atoms with Gasteiger partial charge in [0.2, 0.25) is 5.91 Å². The highest BCUT2D eigenvalue weighted by Gasteiger charge is 2.12. The number of carbonyl (C=O) groups excluding carboxylic acids is 1. The van der Waals surface area contributed by atoms with Crippen LogP contribution in [0.3, 0.4) is 0 Å². The molecule has 0 saturated carbocycles. The number of hydrogen-bond acceptors (Lipinski definition) is 5. The zero-order valence-corrected chi connectivity index (χ0v) is 20.7. The molecule has 0 aliphatic carbocycles. The topological polar surface area (TPSA) is 64.4 Å². The number of amides is 1. The minimum atomic E-state index is -0.330. The summed E-state index contributed by atoms with van der Waals surface area (Å²) in [6, 6.07) is 22.2. The Kier molecular flexibility index (Phi) is 6.59. The molecule has 2 aromatic heterocycles. The standard InChI is InChI=1S/C27H18Cl2N2O3S/c1-33-24-11-6-16(27-31-21-4-2-3-5-25(21)35-27)14-22(24)30-26(32)13-9-18-8-12-23(34-18)19-15-17(28)7-10-20(19)29/h2-15H,1H3,(H,30,32). The van der Waals surface area contributed by atoms with Crippen molar-refractivity contribution >= 4 is 62.4 Å².